The van der Waals surface area contributed by atoms with Gasteiger partial charge in [-0.25, -0.2) is 0 Å². The van der Waals surface area contributed by atoms with E-state index in [-0.39, 0.29) is 23.9 Å². The largest absolute Gasteiger partial charge is 0.353 e. The van der Waals surface area contributed by atoms with Crippen LogP contribution in [-0.4, -0.2) is 59.9 Å². The Morgan fingerprint density at radius 3 is 2.10 bits per heavy atom. The van der Waals surface area contributed by atoms with Crippen molar-refractivity contribution >= 4 is 11.8 Å². The van der Waals surface area contributed by atoms with Crippen LogP contribution in [0.15, 0.2) is 0 Å². The number of rotatable bonds is 3. The summed E-state index contributed by atoms with van der Waals surface area (Å²) in [4.78, 5) is 28.0. The number of hydrogen-bond donors (Lipinski definition) is 1. The lowest BCUT2D eigenvalue weighted by molar-refractivity contribution is -0.137. The molecule has 0 radical (unpaired) electrons. The first-order valence-electron chi connectivity index (χ1n) is 8.38. The molecule has 0 aromatic rings. The van der Waals surface area contributed by atoms with Gasteiger partial charge < -0.3 is 10.2 Å². The molecule has 0 aromatic carbocycles. The second-order valence-electron chi connectivity index (χ2n) is 6.43. The molecule has 0 bridgehead atoms. The van der Waals surface area contributed by atoms with E-state index in [0.29, 0.717) is 0 Å². The zero-order valence-electron chi connectivity index (χ0n) is 13.4. The molecule has 1 atom stereocenters. The van der Waals surface area contributed by atoms with Crippen LogP contribution in [-0.2, 0) is 9.59 Å². The van der Waals surface area contributed by atoms with E-state index < -0.39 is 0 Å². The van der Waals surface area contributed by atoms with Gasteiger partial charge in [-0.15, -0.1) is 0 Å². The maximum atomic E-state index is 12.6. The van der Waals surface area contributed by atoms with Crippen LogP contribution in [0.25, 0.3) is 0 Å². The standard InChI is InChI=1S/C16H29N3O2/c1-13(18-9-5-3-4-6-10-18)16(21)19-11-7-15(8-12-19)17-14(2)20/h13,15H,3-12H2,1-2H3,(H,17,20). The predicted octanol–water partition coefficient (Wildman–Crippen LogP) is 1.38. The minimum atomic E-state index is 0.000385. The Labute approximate surface area is 128 Å². The second kappa shape index (κ2) is 7.78. The van der Waals surface area contributed by atoms with E-state index in [0.717, 1.165) is 39.0 Å². The number of nitrogens with zero attached hydrogens (tertiary/aromatic N) is 2. The summed E-state index contributed by atoms with van der Waals surface area (Å²) in [5, 5.41) is 2.95. The number of piperidine rings is 1. The van der Waals surface area contributed by atoms with Gasteiger partial charge in [-0.3, -0.25) is 14.5 Å². The number of carbonyl (C=O) groups excluding carboxylic acids is 2. The monoisotopic (exact) mass is 295 g/mol. The predicted molar refractivity (Wildman–Crippen MR) is 82.9 cm³/mol. The molecule has 21 heavy (non-hydrogen) atoms. The van der Waals surface area contributed by atoms with Crippen molar-refractivity contribution < 1.29 is 9.59 Å². The van der Waals surface area contributed by atoms with Gasteiger partial charge in [0.05, 0.1) is 6.04 Å². The fourth-order valence-electron chi connectivity index (χ4n) is 3.43. The van der Waals surface area contributed by atoms with E-state index in [9.17, 15) is 9.59 Å². The fraction of sp³-hybridized carbons (Fsp3) is 0.875. The average molecular weight is 295 g/mol. The van der Waals surface area contributed by atoms with E-state index in [4.69, 9.17) is 0 Å². The Bertz CT molecular complexity index is 357. The first-order valence-corrected chi connectivity index (χ1v) is 8.38. The maximum absolute atomic E-state index is 12.6. The highest BCUT2D eigenvalue weighted by atomic mass is 16.2. The van der Waals surface area contributed by atoms with Crippen LogP contribution >= 0.6 is 0 Å². The third-order valence-electron chi connectivity index (χ3n) is 4.76. The summed E-state index contributed by atoms with van der Waals surface area (Å²) in [7, 11) is 0. The van der Waals surface area contributed by atoms with Crippen LogP contribution in [0.3, 0.4) is 0 Å². The summed E-state index contributed by atoms with van der Waals surface area (Å²) >= 11 is 0. The van der Waals surface area contributed by atoms with Gasteiger partial charge in [0, 0.05) is 26.1 Å². The van der Waals surface area contributed by atoms with Crippen LogP contribution < -0.4 is 5.32 Å². The van der Waals surface area contributed by atoms with Crippen LogP contribution in [0.1, 0.15) is 52.4 Å². The van der Waals surface area contributed by atoms with Crippen molar-refractivity contribution in [2.45, 2.75) is 64.5 Å². The topological polar surface area (TPSA) is 52.7 Å². The fourth-order valence-corrected chi connectivity index (χ4v) is 3.43. The molecular weight excluding hydrogens is 266 g/mol. The lowest BCUT2D eigenvalue weighted by atomic mass is 10.0. The molecule has 2 rings (SSSR count). The Hall–Kier alpha value is -1.10. The normalized spacial score (nSPS) is 23.4. The van der Waals surface area contributed by atoms with Crippen LogP contribution in [0, 0.1) is 0 Å². The lowest BCUT2D eigenvalue weighted by Crippen LogP contribution is -2.52. The number of carbonyl (C=O) groups is 2. The van der Waals surface area contributed by atoms with E-state index >= 15 is 0 Å². The quantitative estimate of drug-likeness (QED) is 0.856. The second-order valence-corrected chi connectivity index (χ2v) is 6.43. The smallest absolute Gasteiger partial charge is 0.239 e. The van der Waals surface area contributed by atoms with Crippen molar-refractivity contribution in [1.82, 2.24) is 15.1 Å². The van der Waals surface area contributed by atoms with Crippen LogP contribution in [0.4, 0.5) is 0 Å². The molecule has 5 heteroatoms. The van der Waals surface area contributed by atoms with Gasteiger partial charge in [-0.1, -0.05) is 12.8 Å². The summed E-state index contributed by atoms with van der Waals surface area (Å²) in [5.74, 6) is 0.288. The summed E-state index contributed by atoms with van der Waals surface area (Å²) in [6, 6.07) is 0.237. The minimum absolute atomic E-state index is 0.000385. The molecule has 5 nitrogen and oxygen atoms in total. The number of hydrogen-bond acceptors (Lipinski definition) is 3. The first kappa shape index (κ1) is 16.3. The van der Waals surface area contributed by atoms with Crippen LogP contribution in [0.5, 0.6) is 0 Å². The summed E-state index contributed by atoms with van der Waals surface area (Å²) in [5.41, 5.74) is 0. The number of likely N-dealkylation sites (tertiary alicyclic amines) is 2. The van der Waals surface area contributed by atoms with Crippen LogP contribution in [0.2, 0.25) is 0 Å². The molecule has 2 aliphatic rings. The molecule has 0 saturated carbocycles. The Kier molecular flexibility index (Phi) is 6.03. The molecule has 2 aliphatic heterocycles. The number of amides is 2. The molecule has 2 heterocycles. The van der Waals surface area contributed by atoms with E-state index in [2.05, 4.69) is 10.2 Å². The lowest BCUT2D eigenvalue weighted by Gasteiger charge is -2.36. The third kappa shape index (κ3) is 4.70. The summed E-state index contributed by atoms with van der Waals surface area (Å²) in [6.07, 6.45) is 6.75. The van der Waals surface area contributed by atoms with Crippen molar-refractivity contribution in [3.05, 3.63) is 0 Å². The molecule has 2 amide bonds. The SMILES string of the molecule is CC(=O)NC1CCN(C(=O)C(C)N2CCCCCC2)CC1. The van der Waals surface area contributed by atoms with E-state index in [1.807, 2.05) is 11.8 Å². The molecule has 120 valence electrons. The minimum Gasteiger partial charge on any atom is -0.353 e. The molecule has 2 fully saturated rings. The zero-order chi connectivity index (χ0) is 15.2. The zero-order valence-corrected chi connectivity index (χ0v) is 13.4. The molecule has 1 unspecified atom stereocenters. The van der Waals surface area contributed by atoms with Gasteiger partial charge in [0.15, 0.2) is 0 Å². The van der Waals surface area contributed by atoms with Crippen molar-refractivity contribution in [2.75, 3.05) is 26.2 Å². The molecule has 0 spiro atoms. The van der Waals surface area contributed by atoms with E-state index in [1.165, 1.54) is 25.7 Å². The van der Waals surface area contributed by atoms with Gasteiger partial charge in [0.2, 0.25) is 11.8 Å². The average Bonchev–Trinajstić information content (AvgIpc) is 2.75. The maximum Gasteiger partial charge on any atom is 0.239 e. The first-order chi connectivity index (χ1) is 10.1. The van der Waals surface area contributed by atoms with Crippen molar-refractivity contribution in [2.24, 2.45) is 0 Å². The molecule has 1 N–H and O–H groups in total. The van der Waals surface area contributed by atoms with Crippen molar-refractivity contribution in [3.8, 4) is 0 Å². The van der Waals surface area contributed by atoms with Gasteiger partial charge in [0.25, 0.3) is 0 Å². The Morgan fingerprint density at radius 1 is 1.00 bits per heavy atom. The Balaban J connectivity index is 1.81. The highest BCUT2D eigenvalue weighted by Crippen LogP contribution is 2.17. The Morgan fingerprint density at radius 2 is 1.57 bits per heavy atom. The van der Waals surface area contributed by atoms with Gasteiger partial charge in [-0.05, 0) is 45.7 Å². The van der Waals surface area contributed by atoms with E-state index in [1.54, 1.807) is 6.92 Å². The summed E-state index contributed by atoms with van der Waals surface area (Å²) < 4.78 is 0. The molecule has 0 aliphatic carbocycles. The van der Waals surface area contributed by atoms with Crippen molar-refractivity contribution in [3.63, 3.8) is 0 Å². The molecule has 2 saturated heterocycles. The van der Waals surface area contributed by atoms with Crippen molar-refractivity contribution in [1.29, 1.82) is 0 Å². The number of nitrogens with one attached hydrogen (secondary N) is 1. The third-order valence-corrected chi connectivity index (χ3v) is 4.76. The molecular formula is C16H29N3O2. The highest BCUT2D eigenvalue weighted by Gasteiger charge is 2.29. The van der Waals surface area contributed by atoms with Gasteiger partial charge in [-0.2, -0.15) is 0 Å². The summed E-state index contributed by atoms with van der Waals surface area (Å²) in [6.45, 7) is 7.24. The van der Waals surface area contributed by atoms with Gasteiger partial charge >= 0.3 is 0 Å². The molecule has 0 aromatic heterocycles. The highest BCUT2D eigenvalue weighted by molar-refractivity contribution is 5.81. The van der Waals surface area contributed by atoms with Gasteiger partial charge in [0.1, 0.15) is 0 Å².